The number of carbonyl (C=O) groups is 1. The molecule has 1 aliphatic rings. The minimum absolute atomic E-state index is 0.0127. The molecule has 0 bridgehead atoms. The van der Waals surface area contributed by atoms with Crippen molar-refractivity contribution in [3.05, 3.63) is 24.0 Å². The zero-order chi connectivity index (χ0) is 12.8. The highest BCUT2D eigenvalue weighted by atomic mass is 16.3. The average Bonchev–Trinajstić information content (AvgIpc) is 2.40. The van der Waals surface area contributed by atoms with Gasteiger partial charge in [0.2, 0.25) is 0 Å². The molecule has 1 amide bonds. The molecule has 1 fully saturated rings. The molecule has 0 aliphatic carbocycles. The number of aromatic hydroxyl groups is 1. The van der Waals surface area contributed by atoms with E-state index in [0.717, 1.165) is 19.6 Å². The van der Waals surface area contributed by atoms with Crippen molar-refractivity contribution >= 4 is 5.91 Å². The quantitative estimate of drug-likeness (QED) is 0.835. The second-order valence-electron chi connectivity index (χ2n) is 4.59. The fourth-order valence-electron chi connectivity index (χ4n) is 2.16. The molecule has 1 aromatic heterocycles. The summed E-state index contributed by atoms with van der Waals surface area (Å²) in [7, 11) is 0. The predicted molar refractivity (Wildman–Crippen MR) is 68.5 cm³/mol. The summed E-state index contributed by atoms with van der Waals surface area (Å²) < 4.78 is 0. The van der Waals surface area contributed by atoms with Crippen LogP contribution in [-0.2, 0) is 0 Å². The van der Waals surface area contributed by atoms with E-state index in [0.29, 0.717) is 12.1 Å². The van der Waals surface area contributed by atoms with E-state index in [2.05, 4.69) is 15.2 Å². The smallest absolute Gasteiger partial charge is 0.253 e. The molecule has 0 saturated carbocycles. The molecule has 0 unspecified atom stereocenters. The van der Waals surface area contributed by atoms with Gasteiger partial charge < -0.3 is 15.3 Å². The molecule has 5 heteroatoms. The van der Waals surface area contributed by atoms with Crippen LogP contribution in [-0.4, -0.2) is 47.1 Å². The van der Waals surface area contributed by atoms with Crippen molar-refractivity contribution in [1.82, 2.24) is 15.2 Å². The summed E-state index contributed by atoms with van der Waals surface area (Å²) in [4.78, 5) is 17.9. The van der Waals surface area contributed by atoms with Crippen LogP contribution in [0.1, 0.15) is 29.6 Å². The molecule has 1 saturated heterocycles. The first kappa shape index (κ1) is 12.8. The summed E-state index contributed by atoms with van der Waals surface area (Å²) in [6.07, 6.45) is 6.59. The standard InChI is InChI=1S/C13H19N3O2/c17-12-8-11(9-14-10-12)13(18)15-4-7-16-5-2-1-3-6-16/h8-10,17H,1-7H2,(H,15,18). The van der Waals surface area contributed by atoms with E-state index in [-0.39, 0.29) is 11.7 Å². The van der Waals surface area contributed by atoms with Crippen LogP contribution in [0.2, 0.25) is 0 Å². The third kappa shape index (κ3) is 3.70. The highest BCUT2D eigenvalue weighted by Crippen LogP contribution is 2.09. The predicted octanol–water partition coefficient (Wildman–Crippen LogP) is 1.00. The van der Waals surface area contributed by atoms with Gasteiger partial charge >= 0.3 is 0 Å². The molecular formula is C13H19N3O2. The number of nitrogens with zero attached hydrogens (tertiary/aromatic N) is 2. The van der Waals surface area contributed by atoms with Crippen LogP contribution in [0.5, 0.6) is 5.75 Å². The van der Waals surface area contributed by atoms with Crippen molar-refractivity contribution in [2.24, 2.45) is 0 Å². The van der Waals surface area contributed by atoms with Crippen LogP contribution in [0, 0.1) is 0 Å². The second kappa shape index (κ2) is 6.35. The normalized spacial score (nSPS) is 16.4. The van der Waals surface area contributed by atoms with Crippen molar-refractivity contribution < 1.29 is 9.90 Å². The van der Waals surface area contributed by atoms with Crippen molar-refractivity contribution in [3.8, 4) is 5.75 Å². The van der Waals surface area contributed by atoms with Gasteiger partial charge in [-0.1, -0.05) is 6.42 Å². The molecule has 0 radical (unpaired) electrons. The summed E-state index contributed by atoms with van der Waals surface area (Å²) in [5, 5.41) is 12.1. The first-order valence-corrected chi connectivity index (χ1v) is 6.40. The Morgan fingerprint density at radius 3 is 2.83 bits per heavy atom. The minimum atomic E-state index is -0.185. The number of hydrogen-bond donors (Lipinski definition) is 2. The first-order valence-electron chi connectivity index (χ1n) is 6.40. The molecule has 2 rings (SSSR count). The highest BCUT2D eigenvalue weighted by molar-refractivity contribution is 5.94. The number of piperidine rings is 1. The average molecular weight is 249 g/mol. The van der Waals surface area contributed by atoms with Crippen molar-refractivity contribution in [3.63, 3.8) is 0 Å². The van der Waals surface area contributed by atoms with Gasteiger partial charge in [-0.3, -0.25) is 9.78 Å². The number of nitrogens with one attached hydrogen (secondary N) is 1. The van der Waals surface area contributed by atoms with E-state index in [1.807, 2.05) is 0 Å². The Morgan fingerprint density at radius 2 is 2.11 bits per heavy atom. The number of rotatable bonds is 4. The summed E-state index contributed by atoms with van der Waals surface area (Å²) >= 11 is 0. The summed E-state index contributed by atoms with van der Waals surface area (Å²) in [5.74, 6) is -0.172. The summed E-state index contributed by atoms with van der Waals surface area (Å²) in [5.41, 5.74) is 0.397. The van der Waals surface area contributed by atoms with Gasteiger partial charge in [-0.05, 0) is 32.0 Å². The van der Waals surface area contributed by atoms with Crippen molar-refractivity contribution in [1.29, 1.82) is 0 Å². The molecule has 98 valence electrons. The van der Waals surface area contributed by atoms with Crippen LogP contribution in [0.3, 0.4) is 0 Å². The molecule has 0 atom stereocenters. The Labute approximate surface area is 107 Å². The molecule has 5 nitrogen and oxygen atoms in total. The lowest BCUT2D eigenvalue weighted by Gasteiger charge is -2.26. The van der Waals surface area contributed by atoms with Gasteiger partial charge in [-0.15, -0.1) is 0 Å². The van der Waals surface area contributed by atoms with Crippen molar-refractivity contribution in [2.75, 3.05) is 26.2 Å². The van der Waals surface area contributed by atoms with Gasteiger partial charge in [0.25, 0.3) is 5.91 Å². The molecule has 1 aromatic rings. The maximum atomic E-state index is 11.8. The number of pyridine rings is 1. The van der Waals surface area contributed by atoms with E-state index in [1.54, 1.807) is 0 Å². The Hall–Kier alpha value is -1.62. The lowest BCUT2D eigenvalue weighted by molar-refractivity contribution is 0.0946. The number of likely N-dealkylation sites (tertiary alicyclic amines) is 1. The Morgan fingerprint density at radius 1 is 1.33 bits per heavy atom. The molecular weight excluding hydrogens is 230 g/mol. The Bertz CT molecular complexity index is 403. The summed E-state index contributed by atoms with van der Waals surface area (Å²) in [6, 6.07) is 1.42. The largest absolute Gasteiger partial charge is 0.506 e. The van der Waals surface area contributed by atoms with Crippen LogP contribution in [0.25, 0.3) is 0 Å². The van der Waals surface area contributed by atoms with Gasteiger partial charge in [0.05, 0.1) is 11.8 Å². The lowest BCUT2D eigenvalue weighted by Crippen LogP contribution is -2.37. The third-order valence-electron chi connectivity index (χ3n) is 3.15. The first-order chi connectivity index (χ1) is 8.75. The number of aromatic nitrogens is 1. The Balaban J connectivity index is 1.74. The number of amides is 1. The fraction of sp³-hybridized carbons (Fsp3) is 0.538. The van der Waals surface area contributed by atoms with Crippen molar-refractivity contribution in [2.45, 2.75) is 19.3 Å². The zero-order valence-corrected chi connectivity index (χ0v) is 10.4. The van der Waals surface area contributed by atoms with Gasteiger partial charge in [0.1, 0.15) is 5.75 Å². The van der Waals surface area contributed by atoms with Gasteiger partial charge in [-0.25, -0.2) is 0 Å². The fourth-order valence-corrected chi connectivity index (χ4v) is 2.16. The van der Waals surface area contributed by atoms with E-state index in [9.17, 15) is 9.90 Å². The molecule has 1 aliphatic heterocycles. The van der Waals surface area contributed by atoms with E-state index in [1.165, 1.54) is 37.7 Å². The van der Waals surface area contributed by atoms with Crippen LogP contribution in [0.15, 0.2) is 18.5 Å². The maximum Gasteiger partial charge on any atom is 0.253 e. The monoisotopic (exact) mass is 249 g/mol. The second-order valence-corrected chi connectivity index (χ2v) is 4.59. The van der Waals surface area contributed by atoms with Gasteiger partial charge in [0.15, 0.2) is 0 Å². The molecule has 0 aromatic carbocycles. The van der Waals surface area contributed by atoms with E-state index >= 15 is 0 Å². The lowest BCUT2D eigenvalue weighted by atomic mass is 10.1. The van der Waals surface area contributed by atoms with Gasteiger partial charge in [-0.2, -0.15) is 0 Å². The SMILES string of the molecule is O=C(NCCN1CCCCC1)c1cncc(O)c1. The molecule has 2 N–H and O–H groups in total. The van der Waals surface area contributed by atoms with E-state index < -0.39 is 0 Å². The van der Waals surface area contributed by atoms with Crippen LogP contribution in [0.4, 0.5) is 0 Å². The number of carbonyl (C=O) groups excluding carboxylic acids is 1. The maximum absolute atomic E-state index is 11.8. The minimum Gasteiger partial charge on any atom is -0.506 e. The topological polar surface area (TPSA) is 65.5 Å². The van der Waals surface area contributed by atoms with Crippen LogP contribution < -0.4 is 5.32 Å². The number of hydrogen-bond acceptors (Lipinski definition) is 4. The van der Waals surface area contributed by atoms with E-state index in [4.69, 9.17) is 0 Å². The van der Waals surface area contributed by atoms with Crippen LogP contribution >= 0.6 is 0 Å². The van der Waals surface area contributed by atoms with Gasteiger partial charge in [0, 0.05) is 19.3 Å². The third-order valence-corrected chi connectivity index (χ3v) is 3.15. The molecule has 0 spiro atoms. The molecule has 2 heterocycles. The zero-order valence-electron chi connectivity index (χ0n) is 10.4. The molecule has 18 heavy (non-hydrogen) atoms. The Kier molecular flexibility index (Phi) is 4.52. The highest BCUT2D eigenvalue weighted by Gasteiger charge is 2.10. The summed E-state index contributed by atoms with van der Waals surface area (Å²) in [6.45, 7) is 3.78.